The van der Waals surface area contributed by atoms with Crippen LogP contribution < -0.4 is 5.32 Å². The monoisotopic (exact) mass is 280 g/mol. The van der Waals surface area contributed by atoms with Crippen molar-refractivity contribution in [1.29, 1.82) is 0 Å². The van der Waals surface area contributed by atoms with E-state index in [1.165, 1.54) is 4.90 Å². The molecule has 1 rings (SSSR count). The fourth-order valence-electron chi connectivity index (χ4n) is 1.56. The average molecular weight is 281 g/mol. The molecule has 1 N–H and O–H groups in total. The number of rotatable bonds is 6. The van der Waals surface area contributed by atoms with E-state index in [4.69, 9.17) is 11.6 Å². The minimum absolute atomic E-state index is 0.321. The molecule has 1 aromatic rings. The molecule has 0 atom stereocenters. The molecule has 0 fully saturated rings. The molecule has 0 aliphatic heterocycles. The molecule has 0 aromatic heterocycles. The molecule has 1 aromatic carbocycles. The molecule has 18 heavy (non-hydrogen) atoms. The molecule has 0 unspecified atom stereocenters. The lowest BCUT2D eigenvalue weighted by molar-refractivity contribution is -0.145. The molecule has 0 radical (unpaired) electrons. The van der Waals surface area contributed by atoms with E-state index in [1.54, 1.807) is 25.1 Å². The topological polar surface area (TPSA) is 15.3 Å². The molecule has 2 nitrogen and oxygen atoms in total. The van der Waals surface area contributed by atoms with E-state index in [0.29, 0.717) is 24.7 Å². The summed E-state index contributed by atoms with van der Waals surface area (Å²) < 4.78 is 36.7. The van der Waals surface area contributed by atoms with Crippen molar-refractivity contribution >= 4 is 17.3 Å². The van der Waals surface area contributed by atoms with Crippen LogP contribution in [0.2, 0.25) is 5.02 Å². The smallest absolute Gasteiger partial charge is 0.383 e. The Morgan fingerprint density at radius 2 is 1.94 bits per heavy atom. The van der Waals surface area contributed by atoms with Crippen LogP contribution in [-0.2, 0) is 0 Å². The molecule has 6 heteroatoms. The van der Waals surface area contributed by atoms with E-state index < -0.39 is 12.7 Å². The SMILES string of the molecule is CCN(CCNc1ccccc1Cl)CC(F)(F)F. The molecular formula is C12H16ClF3N2. The van der Waals surface area contributed by atoms with Gasteiger partial charge in [0.15, 0.2) is 0 Å². The molecule has 0 aliphatic carbocycles. The number of nitrogens with one attached hydrogen (secondary N) is 1. The zero-order valence-electron chi connectivity index (χ0n) is 10.1. The van der Waals surface area contributed by atoms with E-state index in [0.717, 1.165) is 5.69 Å². The maximum Gasteiger partial charge on any atom is 0.401 e. The van der Waals surface area contributed by atoms with Crippen molar-refractivity contribution in [1.82, 2.24) is 4.90 Å². The van der Waals surface area contributed by atoms with Gasteiger partial charge in [-0.25, -0.2) is 0 Å². The largest absolute Gasteiger partial charge is 0.401 e. The lowest BCUT2D eigenvalue weighted by Crippen LogP contribution is -2.37. The summed E-state index contributed by atoms with van der Waals surface area (Å²) in [6, 6.07) is 7.15. The van der Waals surface area contributed by atoms with Gasteiger partial charge >= 0.3 is 6.18 Å². The number of benzene rings is 1. The molecular weight excluding hydrogens is 265 g/mol. The molecule has 0 heterocycles. The first-order chi connectivity index (χ1) is 8.42. The lowest BCUT2D eigenvalue weighted by Gasteiger charge is -2.22. The number of anilines is 1. The van der Waals surface area contributed by atoms with Gasteiger partial charge < -0.3 is 5.32 Å². The Bertz CT molecular complexity index is 369. The van der Waals surface area contributed by atoms with Crippen LogP contribution in [0.15, 0.2) is 24.3 Å². The maximum absolute atomic E-state index is 12.2. The third kappa shape index (κ3) is 5.60. The van der Waals surface area contributed by atoms with Crippen molar-refractivity contribution in [3.8, 4) is 0 Å². The quantitative estimate of drug-likeness (QED) is 0.856. The normalized spacial score (nSPS) is 11.9. The minimum atomic E-state index is -4.15. The number of nitrogens with zero attached hydrogens (tertiary/aromatic N) is 1. The third-order valence-corrected chi connectivity index (χ3v) is 2.80. The fourth-order valence-corrected chi connectivity index (χ4v) is 1.76. The summed E-state index contributed by atoms with van der Waals surface area (Å²) in [5, 5.41) is 3.59. The summed E-state index contributed by atoms with van der Waals surface area (Å²) in [7, 11) is 0. The Balaban J connectivity index is 2.38. The first kappa shape index (κ1) is 15.1. The van der Waals surface area contributed by atoms with E-state index in [2.05, 4.69) is 5.32 Å². The first-order valence-corrected chi connectivity index (χ1v) is 6.07. The highest BCUT2D eigenvalue weighted by atomic mass is 35.5. The lowest BCUT2D eigenvalue weighted by atomic mass is 10.3. The highest BCUT2D eigenvalue weighted by molar-refractivity contribution is 6.33. The van der Waals surface area contributed by atoms with Crippen LogP contribution in [0.5, 0.6) is 0 Å². The highest BCUT2D eigenvalue weighted by Gasteiger charge is 2.29. The Hall–Kier alpha value is -0.940. The van der Waals surface area contributed by atoms with Gasteiger partial charge in [-0.2, -0.15) is 13.2 Å². The average Bonchev–Trinajstić information content (AvgIpc) is 2.28. The van der Waals surface area contributed by atoms with Crippen LogP contribution in [0.25, 0.3) is 0 Å². The second kappa shape index (κ2) is 6.85. The van der Waals surface area contributed by atoms with E-state index >= 15 is 0 Å². The van der Waals surface area contributed by atoms with Crippen molar-refractivity contribution in [2.75, 3.05) is 31.5 Å². The van der Waals surface area contributed by atoms with Crippen LogP contribution in [0.3, 0.4) is 0 Å². The van der Waals surface area contributed by atoms with Gasteiger partial charge in [0.1, 0.15) is 0 Å². The van der Waals surface area contributed by atoms with Gasteiger partial charge in [0.05, 0.1) is 17.3 Å². The highest BCUT2D eigenvalue weighted by Crippen LogP contribution is 2.20. The van der Waals surface area contributed by atoms with Gasteiger partial charge in [-0.3, -0.25) is 4.90 Å². The van der Waals surface area contributed by atoms with E-state index in [1.807, 2.05) is 6.07 Å². The van der Waals surface area contributed by atoms with Crippen molar-refractivity contribution in [3.05, 3.63) is 29.3 Å². The van der Waals surface area contributed by atoms with Crippen LogP contribution >= 0.6 is 11.6 Å². The second-order valence-corrected chi connectivity index (χ2v) is 4.30. The summed E-state index contributed by atoms with van der Waals surface area (Å²) in [5.74, 6) is 0. The predicted molar refractivity (Wildman–Crippen MR) is 68.1 cm³/mol. The molecule has 0 saturated carbocycles. The number of para-hydroxylation sites is 1. The summed E-state index contributed by atoms with van der Waals surface area (Å²) in [4.78, 5) is 1.34. The number of alkyl halides is 3. The summed E-state index contributed by atoms with van der Waals surface area (Å²) >= 11 is 5.92. The van der Waals surface area contributed by atoms with Crippen molar-refractivity contribution in [2.24, 2.45) is 0 Å². The Kier molecular flexibility index (Phi) is 5.75. The summed E-state index contributed by atoms with van der Waals surface area (Å²) in [5.41, 5.74) is 0.738. The Morgan fingerprint density at radius 1 is 1.28 bits per heavy atom. The molecule has 0 amide bonds. The van der Waals surface area contributed by atoms with Gasteiger partial charge in [-0.1, -0.05) is 30.7 Å². The van der Waals surface area contributed by atoms with Crippen molar-refractivity contribution in [2.45, 2.75) is 13.1 Å². The van der Waals surface area contributed by atoms with E-state index in [9.17, 15) is 13.2 Å². The minimum Gasteiger partial charge on any atom is -0.383 e. The molecule has 0 bridgehead atoms. The van der Waals surface area contributed by atoms with Gasteiger partial charge in [0, 0.05) is 13.1 Å². The Labute approximate surface area is 110 Å². The van der Waals surface area contributed by atoms with Gasteiger partial charge in [0.2, 0.25) is 0 Å². The second-order valence-electron chi connectivity index (χ2n) is 3.89. The van der Waals surface area contributed by atoms with Gasteiger partial charge in [0.25, 0.3) is 0 Å². The fraction of sp³-hybridized carbons (Fsp3) is 0.500. The third-order valence-electron chi connectivity index (χ3n) is 2.47. The first-order valence-electron chi connectivity index (χ1n) is 5.70. The predicted octanol–water partition coefficient (Wildman–Crippen LogP) is 3.64. The van der Waals surface area contributed by atoms with E-state index in [-0.39, 0.29) is 0 Å². The number of hydrogen-bond donors (Lipinski definition) is 1. The van der Waals surface area contributed by atoms with Crippen molar-refractivity contribution in [3.63, 3.8) is 0 Å². The van der Waals surface area contributed by atoms with Crippen molar-refractivity contribution < 1.29 is 13.2 Å². The zero-order valence-corrected chi connectivity index (χ0v) is 10.9. The number of likely N-dealkylation sites (N-methyl/N-ethyl adjacent to an activating group) is 1. The summed E-state index contributed by atoms with van der Waals surface area (Å²) in [6.45, 7) is 1.94. The number of halogens is 4. The molecule has 0 saturated heterocycles. The van der Waals surface area contributed by atoms with Gasteiger partial charge in [-0.05, 0) is 18.7 Å². The van der Waals surface area contributed by atoms with Crippen LogP contribution in [0.1, 0.15) is 6.92 Å². The molecule has 0 spiro atoms. The van der Waals surface area contributed by atoms with Crippen LogP contribution in [-0.4, -0.2) is 37.3 Å². The Morgan fingerprint density at radius 3 is 2.50 bits per heavy atom. The summed E-state index contributed by atoms with van der Waals surface area (Å²) in [6.07, 6.45) is -4.15. The van der Waals surface area contributed by atoms with Crippen LogP contribution in [0, 0.1) is 0 Å². The maximum atomic E-state index is 12.2. The van der Waals surface area contributed by atoms with Gasteiger partial charge in [-0.15, -0.1) is 0 Å². The zero-order chi connectivity index (χ0) is 13.6. The van der Waals surface area contributed by atoms with Crippen LogP contribution in [0.4, 0.5) is 18.9 Å². The molecule has 0 aliphatic rings. The standard InChI is InChI=1S/C12H16ClF3N2/c1-2-18(9-12(14,15)16)8-7-17-11-6-4-3-5-10(11)13/h3-6,17H,2,7-9H2,1H3. The number of hydrogen-bond acceptors (Lipinski definition) is 2. The molecule has 102 valence electrons.